The van der Waals surface area contributed by atoms with Gasteiger partial charge in [0.2, 0.25) is 0 Å². The molecule has 0 atom stereocenters. The zero-order valence-electron chi connectivity index (χ0n) is 11.5. The Morgan fingerprint density at radius 1 is 0.875 bits per heavy atom. The molecule has 1 aliphatic rings. The normalized spacial score (nSPS) is 19.3. The van der Waals surface area contributed by atoms with Crippen molar-refractivity contribution in [2.24, 2.45) is 0 Å². The molecule has 0 radical (unpaired) electrons. The maximum atomic E-state index is 2.60. The van der Waals surface area contributed by atoms with Crippen LogP contribution in [0.5, 0.6) is 0 Å². The molecule has 0 aliphatic heterocycles. The number of rotatable bonds is 6. The Hall–Kier alpha value is -0.0800. The SMILES string of the molecule is CCN(CC)CCN(C)C1CCCCCC1. The largest absolute Gasteiger partial charge is 0.303 e. The second-order valence-corrected chi connectivity index (χ2v) is 5.15. The summed E-state index contributed by atoms with van der Waals surface area (Å²) >= 11 is 0. The van der Waals surface area contributed by atoms with Gasteiger partial charge in [-0.25, -0.2) is 0 Å². The number of hydrogen-bond acceptors (Lipinski definition) is 2. The zero-order valence-corrected chi connectivity index (χ0v) is 11.5. The van der Waals surface area contributed by atoms with Gasteiger partial charge in [-0.05, 0) is 33.0 Å². The first-order chi connectivity index (χ1) is 7.77. The van der Waals surface area contributed by atoms with Crippen LogP contribution in [-0.2, 0) is 0 Å². The Balaban J connectivity index is 2.24. The summed E-state index contributed by atoms with van der Waals surface area (Å²) in [7, 11) is 2.32. The average Bonchev–Trinajstić information content (AvgIpc) is 2.58. The van der Waals surface area contributed by atoms with Crippen LogP contribution >= 0.6 is 0 Å². The van der Waals surface area contributed by atoms with Crippen LogP contribution in [0.2, 0.25) is 0 Å². The number of hydrogen-bond donors (Lipinski definition) is 0. The summed E-state index contributed by atoms with van der Waals surface area (Å²) in [5.74, 6) is 0. The summed E-state index contributed by atoms with van der Waals surface area (Å²) in [6.45, 7) is 9.38. The number of likely N-dealkylation sites (N-methyl/N-ethyl adjacent to an activating group) is 2. The molecule has 2 nitrogen and oxygen atoms in total. The lowest BCUT2D eigenvalue weighted by molar-refractivity contribution is 0.184. The molecule has 1 saturated carbocycles. The fraction of sp³-hybridized carbons (Fsp3) is 1.00. The van der Waals surface area contributed by atoms with Gasteiger partial charge in [0.15, 0.2) is 0 Å². The van der Waals surface area contributed by atoms with Gasteiger partial charge < -0.3 is 9.80 Å². The van der Waals surface area contributed by atoms with Crippen molar-refractivity contribution < 1.29 is 0 Å². The minimum atomic E-state index is 0.859. The third kappa shape index (κ3) is 4.84. The quantitative estimate of drug-likeness (QED) is 0.642. The van der Waals surface area contributed by atoms with Gasteiger partial charge in [0.1, 0.15) is 0 Å². The fourth-order valence-corrected chi connectivity index (χ4v) is 2.72. The Bertz CT molecular complexity index is 158. The van der Waals surface area contributed by atoms with Gasteiger partial charge in [-0.1, -0.05) is 39.5 Å². The summed E-state index contributed by atoms with van der Waals surface area (Å²) in [6, 6.07) is 0.859. The average molecular weight is 226 g/mol. The summed E-state index contributed by atoms with van der Waals surface area (Å²) in [6.07, 6.45) is 8.66. The topological polar surface area (TPSA) is 6.48 Å². The first-order valence-corrected chi connectivity index (χ1v) is 7.20. The summed E-state index contributed by atoms with van der Waals surface area (Å²) in [5.41, 5.74) is 0. The van der Waals surface area contributed by atoms with Crippen LogP contribution in [-0.4, -0.2) is 49.1 Å². The minimum absolute atomic E-state index is 0.859. The Kier molecular flexibility index (Phi) is 7.06. The molecular formula is C14H30N2. The van der Waals surface area contributed by atoms with Gasteiger partial charge >= 0.3 is 0 Å². The van der Waals surface area contributed by atoms with Crippen molar-refractivity contribution in [1.29, 1.82) is 0 Å². The molecular weight excluding hydrogens is 196 g/mol. The maximum Gasteiger partial charge on any atom is 0.0109 e. The lowest BCUT2D eigenvalue weighted by Crippen LogP contribution is -2.38. The Morgan fingerprint density at radius 3 is 1.94 bits per heavy atom. The van der Waals surface area contributed by atoms with Crippen molar-refractivity contribution in [2.75, 3.05) is 33.2 Å². The highest BCUT2D eigenvalue weighted by atomic mass is 15.2. The molecule has 0 aromatic heterocycles. The Labute approximate surface area is 102 Å². The second-order valence-electron chi connectivity index (χ2n) is 5.15. The molecule has 16 heavy (non-hydrogen) atoms. The molecule has 1 aliphatic carbocycles. The Morgan fingerprint density at radius 2 is 1.44 bits per heavy atom. The van der Waals surface area contributed by atoms with Gasteiger partial charge in [0.05, 0.1) is 0 Å². The van der Waals surface area contributed by atoms with Crippen LogP contribution in [0.3, 0.4) is 0 Å². The molecule has 0 amide bonds. The van der Waals surface area contributed by atoms with Crippen LogP contribution in [0.1, 0.15) is 52.4 Å². The molecule has 0 bridgehead atoms. The molecule has 0 heterocycles. The smallest absolute Gasteiger partial charge is 0.0109 e. The van der Waals surface area contributed by atoms with E-state index in [-0.39, 0.29) is 0 Å². The van der Waals surface area contributed by atoms with Gasteiger partial charge in [-0.2, -0.15) is 0 Å². The van der Waals surface area contributed by atoms with E-state index < -0.39 is 0 Å². The van der Waals surface area contributed by atoms with E-state index in [2.05, 4.69) is 30.7 Å². The zero-order chi connectivity index (χ0) is 11.8. The number of nitrogens with zero attached hydrogens (tertiary/aromatic N) is 2. The first kappa shape index (κ1) is 14.0. The molecule has 1 fully saturated rings. The van der Waals surface area contributed by atoms with E-state index in [1.54, 1.807) is 0 Å². The maximum absolute atomic E-state index is 2.60. The standard InChI is InChI=1S/C14H30N2/c1-4-16(5-2)13-12-15(3)14-10-8-6-7-9-11-14/h14H,4-13H2,1-3H3. The predicted molar refractivity (Wildman–Crippen MR) is 71.9 cm³/mol. The molecule has 0 aromatic rings. The fourth-order valence-electron chi connectivity index (χ4n) is 2.72. The summed E-state index contributed by atoms with van der Waals surface area (Å²) in [4.78, 5) is 5.12. The van der Waals surface area contributed by atoms with Crippen LogP contribution in [0.25, 0.3) is 0 Å². The van der Waals surface area contributed by atoms with Crippen LogP contribution in [0, 0.1) is 0 Å². The van der Waals surface area contributed by atoms with E-state index in [1.165, 1.54) is 64.7 Å². The molecule has 2 heteroatoms. The highest BCUT2D eigenvalue weighted by Gasteiger charge is 2.16. The molecule has 0 unspecified atom stereocenters. The van der Waals surface area contributed by atoms with E-state index in [0.717, 1.165) is 6.04 Å². The lowest BCUT2D eigenvalue weighted by Gasteiger charge is -2.29. The molecule has 0 aromatic carbocycles. The minimum Gasteiger partial charge on any atom is -0.303 e. The molecule has 0 N–H and O–H groups in total. The lowest BCUT2D eigenvalue weighted by atomic mass is 10.1. The highest BCUT2D eigenvalue weighted by Crippen LogP contribution is 2.20. The van der Waals surface area contributed by atoms with Crippen molar-refractivity contribution in [3.05, 3.63) is 0 Å². The monoisotopic (exact) mass is 226 g/mol. The molecule has 0 spiro atoms. The second kappa shape index (κ2) is 8.08. The molecule has 1 rings (SSSR count). The van der Waals surface area contributed by atoms with E-state index in [9.17, 15) is 0 Å². The summed E-state index contributed by atoms with van der Waals surface area (Å²) < 4.78 is 0. The highest BCUT2D eigenvalue weighted by molar-refractivity contribution is 4.73. The third-order valence-electron chi connectivity index (χ3n) is 4.11. The van der Waals surface area contributed by atoms with E-state index >= 15 is 0 Å². The van der Waals surface area contributed by atoms with Crippen LogP contribution in [0.4, 0.5) is 0 Å². The van der Waals surface area contributed by atoms with Crippen molar-refractivity contribution in [3.8, 4) is 0 Å². The summed E-state index contributed by atoms with van der Waals surface area (Å²) in [5, 5.41) is 0. The van der Waals surface area contributed by atoms with Crippen molar-refractivity contribution in [3.63, 3.8) is 0 Å². The van der Waals surface area contributed by atoms with E-state index in [0.29, 0.717) is 0 Å². The van der Waals surface area contributed by atoms with Crippen molar-refractivity contribution >= 4 is 0 Å². The van der Waals surface area contributed by atoms with E-state index in [1.807, 2.05) is 0 Å². The van der Waals surface area contributed by atoms with Gasteiger partial charge in [-0.3, -0.25) is 0 Å². The predicted octanol–water partition coefficient (Wildman–Crippen LogP) is 2.98. The molecule has 96 valence electrons. The third-order valence-corrected chi connectivity index (χ3v) is 4.11. The van der Waals surface area contributed by atoms with Gasteiger partial charge in [0, 0.05) is 19.1 Å². The van der Waals surface area contributed by atoms with Gasteiger partial charge in [-0.15, -0.1) is 0 Å². The van der Waals surface area contributed by atoms with Gasteiger partial charge in [0.25, 0.3) is 0 Å². The van der Waals surface area contributed by atoms with Crippen LogP contribution < -0.4 is 0 Å². The van der Waals surface area contributed by atoms with Crippen molar-refractivity contribution in [2.45, 2.75) is 58.4 Å². The molecule has 0 saturated heterocycles. The van der Waals surface area contributed by atoms with Crippen LogP contribution in [0.15, 0.2) is 0 Å². The van der Waals surface area contributed by atoms with E-state index in [4.69, 9.17) is 0 Å². The first-order valence-electron chi connectivity index (χ1n) is 7.20. The van der Waals surface area contributed by atoms with Crippen molar-refractivity contribution in [1.82, 2.24) is 9.80 Å².